The second kappa shape index (κ2) is 11.0. The van der Waals surface area contributed by atoms with Crippen molar-refractivity contribution in [3.05, 3.63) is 63.7 Å². The molecule has 0 unspecified atom stereocenters. The van der Waals surface area contributed by atoms with Gasteiger partial charge in [-0.3, -0.25) is 14.4 Å². The Morgan fingerprint density at radius 3 is 2.37 bits per heavy atom. The summed E-state index contributed by atoms with van der Waals surface area (Å²) in [7, 11) is 0. The quantitative estimate of drug-likeness (QED) is 0.369. The third-order valence-corrected chi connectivity index (χ3v) is 7.62. The minimum Gasteiger partial charge on any atom is -0.487 e. The van der Waals surface area contributed by atoms with Crippen LogP contribution in [0.1, 0.15) is 45.7 Å². The van der Waals surface area contributed by atoms with E-state index in [0.717, 1.165) is 16.2 Å². The van der Waals surface area contributed by atoms with Crippen LogP contribution in [0, 0.1) is 11.7 Å². The number of thiophene rings is 1. The van der Waals surface area contributed by atoms with Crippen LogP contribution in [0.4, 0.5) is 4.39 Å². The van der Waals surface area contributed by atoms with Crippen molar-refractivity contribution in [1.82, 2.24) is 10.6 Å². The zero-order valence-corrected chi connectivity index (χ0v) is 20.3. The molecule has 1 aromatic heterocycles. The Balaban J connectivity index is 1.24. The van der Waals surface area contributed by atoms with Crippen LogP contribution in [0.3, 0.4) is 0 Å². The molecule has 0 bridgehead atoms. The number of halogens is 2. The number of amides is 2. The molecule has 3 aromatic rings. The van der Waals surface area contributed by atoms with Crippen LogP contribution in [-0.4, -0.2) is 42.1 Å². The maximum atomic E-state index is 14.5. The molecule has 35 heavy (non-hydrogen) atoms. The van der Waals surface area contributed by atoms with Gasteiger partial charge >= 0.3 is 5.97 Å². The SMILES string of the molecule is O=C(NCCNC(=O)c1sc2ccccc2c1Cl)c1ccc(OC2CCC(C(=O)O)CC2)c(F)c1. The van der Waals surface area contributed by atoms with Crippen LogP contribution < -0.4 is 15.4 Å². The predicted molar refractivity (Wildman–Crippen MR) is 132 cm³/mol. The summed E-state index contributed by atoms with van der Waals surface area (Å²) in [6.45, 7) is 0.331. The molecule has 184 valence electrons. The molecule has 4 rings (SSSR count). The molecule has 2 amide bonds. The standard InChI is InChI=1S/C25H24ClFN2O5S/c26-21-17-3-1-2-4-20(17)35-22(21)24(31)29-12-11-28-23(30)15-7-10-19(18(27)13-15)34-16-8-5-14(6-9-16)25(32)33/h1-4,7,10,13-14,16H,5-6,8-9,11-12H2,(H,28,30)(H,29,31)(H,32,33). The molecule has 0 atom stereocenters. The highest BCUT2D eigenvalue weighted by Gasteiger charge is 2.27. The van der Waals surface area contributed by atoms with Gasteiger partial charge in [-0.15, -0.1) is 11.3 Å². The lowest BCUT2D eigenvalue weighted by Crippen LogP contribution is -2.34. The van der Waals surface area contributed by atoms with E-state index in [2.05, 4.69) is 10.6 Å². The van der Waals surface area contributed by atoms with Crippen LogP contribution in [0.5, 0.6) is 5.75 Å². The van der Waals surface area contributed by atoms with Crippen LogP contribution in [0.15, 0.2) is 42.5 Å². The molecule has 0 aliphatic heterocycles. The van der Waals surface area contributed by atoms with E-state index in [1.807, 2.05) is 24.3 Å². The number of carbonyl (C=O) groups is 3. The summed E-state index contributed by atoms with van der Waals surface area (Å²) in [6.07, 6.45) is 1.81. The maximum Gasteiger partial charge on any atom is 0.306 e. The molecule has 0 radical (unpaired) electrons. The molecular formula is C25H24ClFN2O5S. The number of rotatable bonds is 8. The summed E-state index contributed by atoms with van der Waals surface area (Å²) < 4.78 is 21.1. The van der Waals surface area contributed by atoms with Crippen molar-refractivity contribution in [2.45, 2.75) is 31.8 Å². The van der Waals surface area contributed by atoms with Crippen LogP contribution >= 0.6 is 22.9 Å². The van der Waals surface area contributed by atoms with Gasteiger partial charge in [0.2, 0.25) is 0 Å². The lowest BCUT2D eigenvalue weighted by atomic mass is 9.87. The first-order valence-corrected chi connectivity index (χ1v) is 12.5. The second-order valence-corrected chi connectivity index (χ2v) is 9.76. The van der Waals surface area contributed by atoms with Gasteiger partial charge in [-0.05, 0) is 49.9 Å². The Labute approximate surface area is 210 Å². The topological polar surface area (TPSA) is 105 Å². The number of nitrogens with one attached hydrogen (secondary N) is 2. The molecule has 0 saturated heterocycles. The number of aliphatic carboxylic acids is 1. The molecular weight excluding hydrogens is 495 g/mol. The molecule has 0 spiro atoms. The van der Waals surface area contributed by atoms with Crippen LogP contribution in [0.25, 0.3) is 10.1 Å². The fraction of sp³-hybridized carbons (Fsp3) is 0.320. The van der Waals surface area contributed by atoms with Gasteiger partial charge in [0, 0.05) is 28.7 Å². The van der Waals surface area contributed by atoms with Gasteiger partial charge in [-0.2, -0.15) is 0 Å². The van der Waals surface area contributed by atoms with Gasteiger partial charge in [0.05, 0.1) is 17.0 Å². The number of carboxylic acid groups (broad SMARTS) is 1. The lowest BCUT2D eigenvalue weighted by molar-refractivity contribution is -0.143. The summed E-state index contributed by atoms with van der Waals surface area (Å²) in [5.41, 5.74) is 0.128. The number of benzene rings is 2. The smallest absolute Gasteiger partial charge is 0.306 e. The van der Waals surface area contributed by atoms with Crippen molar-refractivity contribution in [3.8, 4) is 5.75 Å². The van der Waals surface area contributed by atoms with Gasteiger partial charge in [-0.1, -0.05) is 29.8 Å². The Kier molecular flexibility index (Phi) is 7.87. The Hall–Kier alpha value is -3.17. The van der Waals surface area contributed by atoms with Gasteiger partial charge in [-0.25, -0.2) is 4.39 Å². The van der Waals surface area contributed by atoms with Crippen molar-refractivity contribution in [2.24, 2.45) is 5.92 Å². The Morgan fingerprint density at radius 1 is 1.03 bits per heavy atom. The molecule has 1 heterocycles. The van der Waals surface area contributed by atoms with Crippen molar-refractivity contribution in [3.63, 3.8) is 0 Å². The van der Waals surface area contributed by atoms with Gasteiger partial charge in [0.15, 0.2) is 11.6 Å². The third-order valence-electron chi connectivity index (χ3n) is 5.95. The lowest BCUT2D eigenvalue weighted by Gasteiger charge is -2.27. The first-order chi connectivity index (χ1) is 16.8. The minimum atomic E-state index is -0.812. The average molecular weight is 519 g/mol. The highest BCUT2D eigenvalue weighted by atomic mass is 35.5. The number of carbonyl (C=O) groups excluding carboxylic acids is 2. The number of hydrogen-bond acceptors (Lipinski definition) is 5. The number of fused-ring (bicyclic) bond motifs is 1. The van der Waals surface area contributed by atoms with E-state index in [9.17, 15) is 18.8 Å². The van der Waals surface area contributed by atoms with Crippen LogP contribution in [-0.2, 0) is 4.79 Å². The molecule has 1 fully saturated rings. The summed E-state index contributed by atoms with van der Waals surface area (Å²) >= 11 is 7.61. The van der Waals surface area contributed by atoms with Gasteiger partial charge in [0.1, 0.15) is 4.88 Å². The molecule has 1 aliphatic carbocycles. The molecule has 1 saturated carbocycles. The number of carboxylic acids is 1. The van der Waals surface area contributed by atoms with Gasteiger partial charge in [0.25, 0.3) is 11.8 Å². The van der Waals surface area contributed by atoms with Crippen molar-refractivity contribution in [2.75, 3.05) is 13.1 Å². The summed E-state index contributed by atoms with van der Waals surface area (Å²) in [5.74, 6) is -2.62. The van der Waals surface area contributed by atoms with E-state index in [1.165, 1.54) is 23.5 Å². The predicted octanol–water partition coefficient (Wildman–Crippen LogP) is 4.88. The Bertz CT molecular complexity index is 1260. The summed E-state index contributed by atoms with van der Waals surface area (Å²) in [4.78, 5) is 36.3. The fourth-order valence-corrected chi connectivity index (χ4v) is 5.47. The third kappa shape index (κ3) is 5.91. The van der Waals surface area contributed by atoms with E-state index >= 15 is 0 Å². The second-order valence-electron chi connectivity index (χ2n) is 8.33. The average Bonchev–Trinajstić information content (AvgIpc) is 3.20. The molecule has 10 heteroatoms. The van der Waals surface area contributed by atoms with Crippen LogP contribution in [0.2, 0.25) is 5.02 Å². The molecule has 7 nitrogen and oxygen atoms in total. The zero-order valence-electron chi connectivity index (χ0n) is 18.7. The van der Waals surface area contributed by atoms with Crippen molar-refractivity contribution in [1.29, 1.82) is 0 Å². The highest BCUT2D eigenvalue weighted by Crippen LogP contribution is 2.35. The highest BCUT2D eigenvalue weighted by molar-refractivity contribution is 7.21. The largest absolute Gasteiger partial charge is 0.487 e. The first kappa shape index (κ1) is 24.9. The zero-order chi connectivity index (χ0) is 24.9. The minimum absolute atomic E-state index is 0.0350. The fourth-order valence-electron chi connectivity index (χ4n) is 4.04. The molecule has 1 aliphatic rings. The molecule has 3 N–H and O–H groups in total. The Morgan fingerprint density at radius 2 is 1.71 bits per heavy atom. The van der Waals surface area contributed by atoms with Crippen molar-refractivity contribution < 1.29 is 28.6 Å². The summed E-state index contributed by atoms with van der Waals surface area (Å²) in [6, 6.07) is 11.4. The maximum absolute atomic E-state index is 14.5. The van der Waals surface area contributed by atoms with E-state index < -0.39 is 17.7 Å². The summed E-state index contributed by atoms with van der Waals surface area (Å²) in [5, 5.41) is 15.7. The normalized spacial score (nSPS) is 17.7. The van der Waals surface area contributed by atoms with E-state index in [0.29, 0.717) is 35.6 Å². The number of hydrogen-bond donors (Lipinski definition) is 3. The van der Waals surface area contributed by atoms with E-state index in [4.69, 9.17) is 21.4 Å². The van der Waals surface area contributed by atoms with Gasteiger partial charge < -0.3 is 20.5 Å². The van der Waals surface area contributed by atoms with Crippen molar-refractivity contribution >= 4 is 50.8 Å². The monoisotopic (exact) mass is 518 g/mol. The number of ether oxygens (including phenoxy) is 1. The van der Waals surface area contributed by atoms with E-state index in [-0.39, 0.29) is 42.3 Å². The molecule has 2 aromatic carbocycles. The first-order valence-electron chi connectivity index (χ1n) is 11.3. The van der Waals surface area contributed by atoms with E-state index in [1.54, 1.807) is 0 Å².